The monoisotopic (exact) mass is 315 g/mol. The smallest absolute Gasteiger partial charge is 0.231 e. The lowest BCUT2D eigenvalue weighted by Gasteiger charge is -2.10. The molecule has 0 aromatic heterocycles. The van der Waals surface area contributed by atoms with Gasteiger partial charge in [0.2, 0.25) is 6.79 Å². The number of fused-ring (bicyclic) bond motifs is 1. The van der Waals surface area contributed by atoms with Crippen LogP contribution >= 0.6 is 15.9 Å². The Balaban J connectivity index is 1.82. The fourth-order valence-corrected chi connectivity index (χ4v) is 2.15. The molecule has 1 aromatic carbocycles. The van der Waals surface area contributed by atoms with Crippen molar-refractivity contribution >= 4 is 15.9 Å². The highest BCUT2D eigenvalue weighted by Gasteiger charge is 2.15. The fourth-order valence-electron chi connectivity index (χ4n) is 1.68. The van der Waals surface area contributed by atoms with Crippen LogP contribution in [0, 0.1) is 0 Å². The predicted molar refractivity (Wildman–Crippen MR) is 73.1 cm³/mol. The van der Waals surface area contributed by atoms with Crippen molar-refractivity contribution in [1.82, 2.24) is 5.32 Å². The summed E-state index contributed by atoms with van der Waals surface area (Å²) >= 11 is 3.54. The van der Waals surface area contributed by atoms with E-state index in [0.717, 1.165) is 41.2 Å². The maximum Gasteiger partial charge on any atom is 0.231 e. The number of benzene rings is 1. The van der Waals surface area contributed by atoms with Gasteiger partial charge in [-0.2, -0.15) is 0 Å². The SMILES string of the molecule is CC(C)OCCNCc1cc2c(cc1Br)OCO2. The highest BCUT2D eigenvalue weighted by atomic mass is 79.9. The van der Waals surface area contributed by atoms with Crippen LogP contribution in [0.1, 0.15) is 19.4 Å². The lowest BCUT2D eigenvalue weighted by atomic mass is 10.2. The molecular weight excluding hydrogens is 298 g/mol. The third-order valence-electron chi connectivity index (χ3n) is 2.59. The molecule has 0 spiro atoms. The second kappa shape index (κ2) is 6.41. The molecule has 0 saturated carbocycles. The van der Waals surface area contributed by atoms with Gasteiger partial charge in [-0.15, -0.1) is 0 Å². The van der Waals surface area contributed by atoms with E-state index in [9.17, 15) is 0 Å². The van der Waals surface area contributed by atoms with E-state index in [1.807, 2.05) is 26.0 Å². The Morgan fingerprint density at radius 2 is 2.06 bits per heavy atom. The van der Waals surface area contributed by atoms with E-state index in [1.54, 1.807) is 0 Å². The lowest BCUT2D eigenvalue weighted by molar-refractivity contribution is 0.0807. The van der Waals surface area contributed by atoms with Crippen molar-refractivity contribution < 1.29 is 14.2 Å². The molecule has 1 aromatic rings. The summed E-state index contributed by atoms with van der Waals surface area (Å²) in [5.41, 5.74) is 1.16. The standard InChI is InChI=1S/C13H18BrNO3/c1-9(2)16-4-3-15-7-10-5-12-13(6-11(10)14)18-8-17-12/h5-6,9,15H,3-4,7-8H2,1-2H3. The number of ether oxygens (including phenoxy) is 3. The van der Waals surface area contributed by atoms with Gasteiger partial charge < -0.3 is 19.5 Å². The van der Waals surface area contributed by atoms with Gasteiger partial charge in [-0.1, -0.05) is 15.9 Å². The zero-order valence-corrected chi connectivity index (χ0v) is 12.2. The fraction of sp³-hybridized carbons (Fsp3) is 0.538. The quantitative estimate of drug-likeness (QED) is 0.819. The number of hydrogen-bond acceptors (Lipinski definition) is 4. The van der Waals surface area contributed by atoms with Gasteiger partial charge in [0.25, 0.3) is 0 Å². The summed E-state index contributed by atoms with van der Waals surface area (Å²) in [4.78, 5) is 0. The zero-order valence-electron chi connectivity index (χ0n) is 10.7. The second-order valence-electron chi connectivity index (χ2n) is 4.39. The Morgan fingerprint density at radius 3 is 2.78 bits per heavy atom. The summed E-state index contributed by atoms with van der Waals surface area (Å²) < 4.78 is 17.2. The lowest BCUT2D eigenvalue weighted by Crippen LogP contribution is -2.21. The second-order valence-corrected chi connectivity index (χ2v) is 5.25. The first-order chi connectivity index (χ1) is 8.66. The molecule has 1 N–H and O–H groups in total. The van der Waals surface area contributed by atoms with Crippen LogP contribution in [0.2, 0.25) is 0 Å². The van der Waals surface area contributed by atoms with Crippen molar-refractivity contribution in [3.8, 4) is 11.5 Å². The number of rotatable bonds is 6. The van der Waals surface area contributed by atoms with Crippen molar-refractivity contribution in [2.45, 2.75) is 26.5 Å². The van der Waals surface area contributed by atoms with Crippen molar-refractivity contribution in [2.75, 3.05) is 19.9 Å². The molecule has 0 atom stereocenters. The minimum Gasteiger partial charge on any atom is -0.454 e. The number of hydrogen-bond donors (Lipinski definition) is 1. The molecule has 0 amide bonds. The Hall–Kier alpha value is -0.780. The molecule has 0 bridgehead atoms. The van der Waals surface area contributed by atoms with Gasteiger partial charge >= 0.3 is 0 Å². The molecular formula is C13H18BrNO3. The van der Waals surface area contributed by atoms with E-state index in [1.165, 1.54) is 0 Å². The minimum atomic E-state index is 0.282. The van der Waals surface area contributed by atoms with Gasteiger partial charge in [-0.05, 0) is 31.5 Å². The Morgan fingerprint density at radius 1 is 1.33 bits per heavy atom. The summed E-state index contributed by atoms with van der Waals surface area (Å²) in [7, 11) is 0. The van der Waals surface area contributed by atoms with E-state index in [2.05, 4.69) is 21.2 Å². The first kappa shape index (κ1) is 13.6. The Kier molecular flexibility index (Phi) is 4.86. The van der Waals surface area contributed by atoms with Crippen LogP contribution in [0.5, 0.6) is 11.5 Å². The van der Waals surface area contributed by atoms with Gasteiger partial charge in [0, 0.05) is 17.6 Å². The summed E-state index contributed by atoms with van der Waals surface area (Å²) in [6, 6.07) is 3.95. The molecule has 0 aliphatic carbocycles. The molecule has 1 aliphatic rings. The van der Waals surface area contributed by atoms with Crippen molar-refractivity contribution in [1.29, 1.82) is 0 Å². The molecule has 18 heavy (non-hydrogen) atoms. The van der Waals surface area contributed by atoms with Gasteiger partial charge in [-0.25, -0.2) is 0 Å². The van der Waals surface area contributed by atoms with E-state index in [4.69, 9.17) is 14.2 Å². The predicted octanol–water partition coefficient (Wildman–Crippen LogP) is 2.69. The van der Waals surface area contributed by atoms with E-state index in [0.29, 0.717) is 6.79 Å². The largest absolute Gasteiger partial charge is 0.454 e. The third kappa shape index (κ3) is 3.60. The van der Waals surface area contributed by atoms with Crippen molar-refractivity contribution in [3.05, 3.63) is 22.2 Å². The zero-order chi connectivity index (χ0) is 13.0. The molecule has 4 nitrogen and oxygen atoms in total. The van der Waals surface area contributed by atoms with E-state index < -0.39 is 0 Å². The maximum absolute atomic E-state index is 5.47. The first-order valence-electron chi connectivity index (χ1n) is 6.07. The van der Waals surface area contributed by atoms with Crippen LogP contribution in [0.4, 0.5) is 0 Å². The normalized spacial score (nSPS) is 13.3. The highest BCUT2D eigenvalue weighted by molar-refractivity contribution is 9.10. The molecule has 0 saturated heterocycles. The highest BCUT2D eigenvalue weighted by Crippen LogP contribution is 2.36. The van der Waals surface area contributed by atoms with Crippen molar-refractivity contribution in [3.63, 3.8) is 0 Å². The van der Waals surface area contributed by atoms with E-state index >= 15 is 0 Å². The summed E-state index contributed by atoms with van der Waals surface area (Å²) in [5.74, 6) is 1.61. The average molecular weight is 316 g/mol. The molecule has 100 valence electrons. The van der Waals surface area contributed by atoms with Crippen LogP contribution in [0.25, 0.3) is 0 Å². The van der Waals surface area contributed by atoms with Crippen molar-refractivity contribution in [2.24, 2.45) is 0 Å². The van der Waals surface area contributed by atoms with Crippen LogP contribution < -0.4 is 14.8 Å². The molecule has 0 unspecified atom stereocenters. The maximum atomic E-state index is 5.47. The molecule has 5 heteroatoms. The van der Waals surface area contributed by atoms with Gasteiger partial charge in [0.1, 0.15) is 0 Å². The molecule has 1 heterocycles. The van der Waals surface area contributed by atoms with Crippen LogP contribution in [0.15, 0.2) is 16.6 Å². The van der Waals surface area contributed by atoms with Crippen LogP contribution in [0.3, 0.4) is 0 Å². The number of halogens is 1. The molecule has 1 aliphatic heterocycles. The average Bonchev–Trinajstić information content (AvgIpc) is 2.75. The Labute approximate surface area is 116 Å². The van der Waals surface area contributed by atoms with Crippen LogP contribution in [-0.2, 0) is 11.3 Å². The minimum absolute atomic E-state index is 0.282. The van der Waals surface area contributed by atoms with Crippen LogP contribution in [-0.4, -0.2) is 26.0 Å². The van der Waals surface area contributed by atoms with Gasteiger partial charge in [0.05, 0.1) is 12.7 Å². The molecule has 0 radical (unpaired) electrons. The summed E-state index contributed by atoms with van der Waals surface area (Å²) in [5, 5.41) is 3.34. The first-order valence-corrected chi connectivity index (χ1v) is 6.86. The Bertz CT molecular complexity index is 409. The molecule has 2 rings (SSSR count). The van der Waals surface area contributed by atoms with E-state index in [-0.39, 0.29) is 6.10 Å². The number of nitrogens with one attached hydrogen (secondary N) is 1. The van der Waals surface area contributed by atoms with Gasteiger partial charge in [-0.3, -0.25) is 0 Å². The summed E-state index contributed by atoms with van der Waals surface area (Å²) in [6.45, 7) is 6.71. The summed E-state index contributed by atoms with van der Waals surface area (Å²) in [6.07, 6.45) is 0.282. The van der Waals surface area contributed by atoms with Gasteiger partial charge in [0.15, 0.2) is 11.5 Å². The topological polar surface area (TPSA) is 39.7 Å². The third-order valence-corrected chi connectivity index (χ3v) is 3.33. The molecule has 0 fully saturated rings.